The maximum absolute atomic E-state index is 15.4. The average molecular weight is 1190 g/mol. The molecule has 2 heterocycles. The van der Waals surface area contributed by atoms with Crippen LogP contribution < -0.4 is 31.9 Å². The minimum atomic E-state index is -1.79. The van der Waals surface area contributed by atoms with Crippen LogP contribution in [0.5, 0.6) is 0 Å². The minimum Gasteiger partial charge on any atom is -0.391 e. The van der Waals surface area contributed by atoms with Crippen LogP contribution in [0.15, 0.2) is 91.0 Å². The van der Waals surface area contributed by atoms with Crippen LogP contribution in [0.25, 0.3) is 0 Å². The van der Waals surface area contributed by atoms with Crippen molar-refractivity contribution in [1.82, 2.24) is 56.4 Å². The third-order valence-corrected chi connectivity index (χ3v) is 16.2. The molecule has 0 radical (unpaired) electrons. The Balaban J connectivity index is 1.57. The maximum Gasteiger partial charge on any atom is 0.248 e. The number of nitrogens with one attached hydrogen (secondary N) is 6. The molecule has 468 valence electrons. The number of aliphatic hydroxyl groups excluding tert-OH is 1. The molecular formula is C63H89N11O12. The first-order chi connectivity index (χ1) is 40.7. The van der Waals surface area contributed by atoms with Crippen LogP contribution in [-0.4, -0.2) is 203 Å². The Morgan fingerprint density at radius 1 is 0.628 bits per heavy atom. The van der Waals surface area contributed by atoms with Crippen molar-refractivity contribution in [2.45, 2.75) is 160 Å². The molecule has 0 unspecified atom stereocenters. The van der Waals surface area contributed by atoms with Crippen LogP contribution >= 0.6 is 0 Å². The fourth-order valence-corrected chi connectivity index (χ4v) is 10.6. The van der Waals surface area contributed by atoms with Crippen LogP contribution in [0.1, 0.15) is 97.3 Å². The summed E-state index contributed by atoms with van der Waals surface area (Å²) in [6.07, 6.45) is 0.553. The van der Waals surface area contributed by atoms with E-state index < -0.39 is 144 Å². The van der Waals surface area contributed by atoms with Gasteiger partial charge < -0.3 is 61.5 Å². The van der Waals surface area contributed by atoms with Crippen LogP contribution in [-0.2, 0) is 72.0 Å². The third kappa shape index (κ3) is 18.9. The Labute approximate surface area is 505 Å². The monoisotopic (exact) mass is 1190 g/mol. The number of likely N-dealkylation sites (N-methyl/N-ethyl adjacent to an activating group) is 4. The molecule has 0 aromatic heterocycles. The molecule has 7 N–H and O–H groups in total. The van der Waals surface area contributed by atoms with Gasteiger partial charge in [-0.05, 0) is 68.6 Å². The zero-order valence-electron chi connectivity index (χ0n) is 51.5. The summed E-state index contributed by atoms with van der Waals surface area (Å²) in [5, 5.41) is 27.0. The molecule has 5 rings (SSSR count). The van der Waals surface area contributed by atoms with Gasteiger partial charge in [0.15, 0.2) is 0 Å². The molecule has 0 saturated carbocycles. The van der Waals surface area contributed by atoms with Crippen molar-refractivity contribution in [2.75, 3.05) is 47.8 Å². The van der Waals surface area contributed by atoms with Crippen molar-refractivity contribution in [1.29, 1.82) is 0 Å². The molecule has 2 saturated heterocycles. The summed E-state index contributed by atoms with van der Waals surface area (Å²) in [6, 6.07) is 14.1. The van der Waals surface area contributed by atoms with E-state index in [1.165, 1.54) is 46.9 Å². The summed E-state index contributed by atoms with van der Waals surface area (Å²) in [5.74, 6) is -9.71. The molecule has 86 heavy (non-hydrogen) atoms. The summed E-state index contributed by atoms with van der Waals surface area (Å²) in [7, 11) is 5.36. The zero-order valence-corrected chi connectivity index (χ0v) is 51.5. The van der Waals surface area contributed by atoms with Crippen LogP contribution in [0.4, 0.5) is 0 Å². The summed E-state index contributed by atoms with van der Waals surface area (Å²) >= 11 is 0. The number of piperidine rings is 1. The zero-order chi connectivity index (χ0) is 63.5. The first-order valence-electron chi connectivity index (χ1n) is 29.7. The van der Waals surface area contributed by atoms with Gasteiger partial charge in [-0.2, -0.15) is 0 Å². The second-order valence-electron chi connectivity index (χ2n) is 23.2. The van der Waals surface area contributed by atoms with Gasteiger partial charge in [0.1, 0.15) is 54.4 Å². The molecule has 0 bridgehead atoms. The Bertz CT molecular complexity index is 2840. The van der Waals surface area contributed by atoms with E-state index in [-0.39, 0.29) is 25.2 Å². The number of hydrogen-bond donors (Lipinski definition) is 7. The highest BCUT2D eigenvalue weighted by atomic mass is 16.3. The van der Waals surface area contributed by atoms with Crippen LogP contribution in [0.3, 0.4) is 0 Å². The summed E-state index contributed by atoms with van der Waals surface area (Å²) in [5.41, 5.74) is 1.94. The van der Waals surface area contributed by atoms with E-state index in [2.05, 4.69) is 31.9 Å². The number of carbonyl (C=O) groups is 11. The number of carbonyl (C=O) groups excluding carboxylic acids is 11. The topological polar surface area (TPSA) is 296 Å². The molecule has 23 nitrogen and oxygen atoms in total. The fraction of sp³-hybridized carbons (Fsp3) is 0.540. The number of hydrogen-bond acceptors (Lipinski definition) is 12. The first kappa shape index (κ1) is 68.6. The fourth-order valence-electron chi connectivity index (χ4n) is 10.6. The average Bonchev–Trinajstić information content (AvgIpc) is 2.91. The summed E-state index contributed by atoms with van der Waals surface area (Å²) in [6.45, 7) is 11.4. The molecular weight excluding hydrogens is 1100 g/mol. The lowest BCUT2D eigenvalue weighted by molar-refractivity contribution is -0.149. The SMILES string of the molecule is CC[C@H](C)[C@@H]1NC(=O)[C@H](Cc2ccccc2)N(C)C(=O)[C@@H](C)NC(=O)C[C@@H](C(=O)N(C)[C@@H](Cc2ccccc2)C(=O)N(C)[C@@H](Cc2ccccc2)C(=O)N[C@@H](C)C(=O)N2CCCCC2)NC(=O)[C@H](C(C)C)NC(=O)CN(C)C(=O)[C@H]([C@@H](C)O)NC1=O. The number of nitrogens with zero attached hydrogens (tertiary/aromatic N) is 5. The minimum absolute atomic E-state index is 0.0143. The Morgan fingerprint density at radius 3 is 1.69 bits per heavy atom. The highest BCUT2D eigenvalue weighted by molar-refractivity contribution is 6.00. The Hall–Kier alpha value is -8.21. The second kappa shape index (κ2) is 32.3. The van der Waals surface area contributed by atoms with E-state index in [9.17, 15) is 48.3 Å². The van der Waals surface area contributed by atoms with Crippen molar-refractivity contribution in [2.24, 2.45) is 11.8 Å². The quantitative estimate of drug-likeness (QED) is 0.100. The Morgan fingerprint density at radius 2 is 1.15 bits per heavy atom. The number of benzene rings is 3. The van der Waals surface area contributed by atoms with Crippen molar-refractivity contribution < 1.29 is 57.8 Å². The van der Waals surface area contributed by atoms with Gasteiger partial charge in [0, 0.05) is 60.5 Å². The molecule has 11 atom stereocenters. The van der Waals surface area contributed by atoms with E-state index in [1.54, 1.807) is 131 Å². The molecule has 0 spiro atoms. The Kier molecular flexibility index (Phi) is 25.8. The van der Waals surface area contributed by atoms with Crippen molar-refractivity contribution in [3.05, 3.63) is 108 Å². The number of likely N-dealkylation sites (tertiary alicyclic amines) is 1. The van der Waals surface area contributed by atoms with Crippen LogP contribution in [0, 0.1) is 11.8 Å². The number of amides is 11. The van der Waals surface area contributed by atoms with E-state index >= 15 is 9.59 Å². The molecule has 2 aliphatic rings. The first-order valence-corrected chi connectivity index (χ1v) is 29.7. The van der Waals surface area contributed by atoms with Crippen molar-refractivity contribution >= 4 is 65.0 Å². The largest absolute Gasteiger partial charge is 0.391 e. The van der Waals surface area contributed by atoms with E-state index in [4.69, 9.17) is 0 Å². The van der Waals surface area contributed by atoms with Gasteiger partial charge in [-0.3, -0.25) is 52.7 Å². The van der Waals surface area contributed by atoms with E-state index in [1.807, 2.05) is 0 Å². The smallest absolute Gasteiger partial charge is 0.248 e. The third-order valence-electron chi connectivity index (χ3n) is 16.2. The van der Waals surface area contributed by atoms with Gasteiger partial charge in [-0.1, -0.05) is 125 Å². The van der Waals surface area contributed by atoms with Gasteiger partial charge in [0.2, 0.25) is 65.0 Å². The van der Waals surface area contributed by atoms with Gasteiger partial charge in [0.05, 0.1) is 19.1 Å². The predicted molar refractivity (Wildman–Crippen MR) is 322 cm³/mol. The molecule has 11 amide bonds. The molecule has 23 heteroatoms. The summed E-state index contributed by atoms with van der Waals surface area (Å²) in [4.78, 5) is 165. The highest BCUT2D eigenvalue weighted by Gasteiger charge is 2.42. The van der Waals surface area contributed by atoms with E-state index in [0.29, 0.717) is 36.2 Å². The number of aliphatic hydroxyl groups is 1. The maximum atomic E-state index is 15.4. The molecule has 2 aliphatic heterocycles. The normalized spacial score (nSPS) is 22.7. The lowest BCUT2D eigenvalue weighted by Crippen LogP contribution is -2.62. The lowest BCUT2D eigenvalue weighted by Gasteiger charge is -2.37. The van der Waals surface area contributed by atoms with Crippen molar-refractivity contribution in [3.63, 3.8) is 0 Å². The molecule has 0 aliphatic carbocycles. The van der Waals surface area contributed by atoms with E-state index in [0.717, 1.165) is 34.0 Å². The van der Waals surface area contributed by atoms with Crippen molar-refractivity contribution in [3.8, 4) is 0 Å². The molecule has 3 aromatic carbocycles. The van der Waals surface area contributed by atoms with Crippen LogP contribution in [0.2, 0.25) is 0 Å². The molecule has 2 fully saturated rings. The van der Waals surface area contributed by atoms with Gasteiger partial charge >= 0.3 is 0 Å². The lowest BCUT2D eigenvalue weighted by atomic mass is 9.96. The second-order valence-corrected chi connectivity index (χ2v) is 23.2. The standard InChI is InChI=1S/C63H89N11O12/c1-12-39(4)53-58(81)69-54(42(7)75)63(86)70(8)37-51(77)67-52(38(2)3)57(80)66-46(36-50(76)64-40(5)59(82)71(9)48(56(79)68-53)34-44-27-19-14-20-28-44)61(84)73(11)49(35-45-29-21-15-22-30-45)62(85)72(10)47(33-43-25-17-13-18-26-43)55(78)65-41(6)60(83)74-31-23-16-24-32-74/h13-15,17-22,25-30,38-42,46-49,52-54,75H,12,16,23-24,31-37H2,1-11H3,(H,64,76)(H,65,78)(H,66,80)(H,67,77)(H,68,79)(H,69,81)/t39-,40+,41-,42+,46-,47-,48-,49-,52-,53-,54-/m0/s1. The molecule has 3 aromatic rings. The van der Waals surface area contributed by atoms with Gasteiger partial charge in [0.25, 0.3) is 0 Å². The highest BCUT2D eigenvalue weighted by Crippen LogP contribution is 2.20. The predicted octanol–water partition coefficient (Wildman–Crippen LogP) is 1.10. The summed E-state index contributed by atoms with van der Waals surface area (Å²) < 4.78 is 0. The van der Waals surface area contributed by atoms with Gasteiger partial charge in [-0.15, -0.1) is 0 Å². The number of rotatable bonds is 17. The van der Waals surface area contributed by atoms with Gasteiger partial charge in [-0.25, -0.2) is 0 Å².